The fourth-order valence-corrected chi connectivity index (χ4v) is 0.869. The minimum Gasteiger partial charge on any atom is -0.407 e. The van der Waals surface area contributed by atoms with Crippen molar-refractivity contribution in [3.8, 4) is 11.5 Å². The largest absolute Gasteiger partial charge is 0.407 e. The molecule has 0 aliphatic heterocycles. The van der Waals surface area contributed by atoms with Gasteiger partial charge in [0.1, 0.15) is 0 Å². The lowest BCUT2D eigenvalue weighted by Gasteiger charge is -2.06. The number of hydrogen-bond donors (Lipinski definition) is 3. The molecule has 0 radical (unpaired) electrons. The lowest BCUT2D eigenvalue weighted by atomic mass is 10.2. The van der Waals surface area contributed by atoms with E-state index in [-0.39, 0.29) is 0 Å². The maximum Gasteiger partial charge on any atom is 0.191 e. The maximum atomic E-state index is 5.40. The van der Waals surface area contributed by atoms with Gasteiger partial charge in [-0.25, -0.2) is 0 Å². The third kappa shape index (κ3) is 1.65. The van der Waals surface area contributed by atoms with Crippen LogP contribution in [-0.2, 0) is 6.54 Å². The maximum absolute atomic E-state index is 5.40. The highest BCUT2D eigenvalue weighted by molar-refractivity contribution is 5.42. The molecule has 0 atom stereocenters. The van der Waals surface area contributed by atoms with Crippen LogP contribution in [0.15, 0.2) is 18.2 Å². The molecule has 1 rings (SSSR count). The SMILES string of the molecule is NCc1ccc(ON)c(ON)c1. The molecule has 1 aromatic rings. The molecule has 0 saturated carbocycles. The highest BCUT2D eigenvalue weighted by Crippen LogP contribution is 2.25. The molecule has 0 unspecified atom stereocenters. The van der Waals surface area contributed by atoms with Crippen molar-refractivity contribution >= 4 is 0 Å². The van der Waals surface area contributed by atoms with E-state index in [9.17, 15) is 0 Å². The Morgan fingerprint density at radius 1 is 1.08 bits per heavy atom. The van der Waals surface area contributed by atoms with E-state index in [4.69, 9.17) is 17.5 Å². The summed E-state index contributed by atoms with van der Waals surface area (Å²) in [5.41, 5.74) is 6.30. The van der Waals surface area contributed by atoms with Crippen molar-refractivity contribution in [1.29, 1.82) is 0 Å². The van der Waals surface area contributed by atoms with Crippen LogP contribution >= 0.6 is 0 Å². The Kier molecular flexibility index (Phi) is 2.87. The molecule has 0 aliphatic rings. The average Bonchev–Trinajstić information content (AvgIpc) is 2.16. The highest BCUT2D eigenvalue weighted by atomic mass is 16.7. The Hall–Kier alpha value is -1.30. The number of benzene rings is 1. The van der Waals surface area contributed by atoms with E-state index in [1.165, 1.54) is 0 Å². The molecule has 0 aromatic heterocycles. The summed E-state index contributed by atoms with van der Waals surface area (Å²) in [6.45, 7) is 0.418. The predicted molar refractivity (Wildman–Crippen MR) is 44.0 cm³/mol. The number of hydrogen-bond acceptors (Lipinski definition) is 5. The monoisotopic (exact) mass is 169 g/mol. The van der Waals surface area contributed by atoms with Crippen LogP contribution in [0.4, 0.5) is 0 Å². The third-order valence-electron chi connectivity index (χ3n) is 1.50. The van der Waals surface area contributed by atoms with Gasteiger partial charge in [0.25, 0.3) is 0 Å². The lowest BCUT2D eigenvalue weighted by Crippen LogP contribution is -2.09. The second-order valence-corrected chi connectivity index (χ2v) is 2.22. The van der Waals surface area contributed by atoms with Crippen molar-refractivity contribution in [2.45, 2.75) is 6.54 Å². The van der Waals surface area contributed by atoms with Gasteiger partial charge in [0, 0.05) is 6.54 Å². The fraction of sp³-hybridized carbons (Fsp3) is 0.143. The standard InChI is InChI=1S/C7H11N3O2/c8-4-5-1-2-6(11-9)7(3-5)12-10/h1-3H,4,8-10H2. The smallest absolute Gasteiger partial charge is 0.191 e. The van der Waals surface area contributed by atoms with E-state index in [0.717, 1.165) is 5.56 Å². The average molecular weight is 169 g/mol. The molecule has 66 valence electrons. The van der Waals surface area contributed by atoms with E-state index in [0.29, 0.717) is 18.0 Å². The Morgan fingerprint density at radius 3 is 2.25 bits per heavy atom. The third-order valence-corrected chi connectivity index (χ3v) is 1.50. The summed E-state index contributed by atoms with van der Waals surface area (Å²) in [4.78, 5) is 9.01. The first kappa shape index (κ1) is 8.79. The van der Waals surface area contributed by atoms with Crippen molar-refractivity contribution in [2.24, 2.45) is 17.5 Å². The molecule has 0 spiro atoms. The van der Waals surface area contributed by atoms with E-state index < -0.39 is 0 Å². The molecule has 6 N–H and O–H groups in total. The molecule has 12 heavy (non-hydrogen) atoms. The normalized spacial score (nSPS) is 9.58. The van der Waals surface area contributed by atoms with Gasteiger partial charge in [0.15, 0.2) is 11.5 Å². The fourth-order valence-electron chi connectivity index (χ4n) is 0.869. The van der Waals surface area contributed by atoms with Gasteiger partial charge in [-0.15, -0.1) is 0 Å². The lowest BCUT2D eigenvalue weighted by molar-refractivity contribution is 0.280. The summed E-state index contributed by atoms with van der Waals surface area (Å²) in [7, 11) is 0. The topological polar surface area (TPSA) is 96.5 Å². The quantitative estimate of drug-likeness (QED) is 0.537. The highest BCUT2D eigenvalue weighted by Gasteiger charge is 2.04. The Bertz CT molecular complexity index is 265. The molecule has 5 heteroatoms. The van der Waals surface area contributed by atoms with Crippen LogP contribution in [0.25, 0.3) is 0 Å². The van der Waals surface area contributed by atoms with Gasteiger partial charge < -0.3 is 15.4 Å². The van der Waals surface area contributed by atoms with Crippen molar-refractivity contribution in [3.63, 3.8) is 0 Å². The van der Waals surface area contributed by atoms with Crippen LogP contribution in [0.3, 0.4) is 0 Å². The van der Waals surface area contributed by atoms with Crippen LogP contribution in [-0.4, -0.2) is 0 Å². The van der Waals surface area contributed by atoms with Crippen molar-refractivity contribution in [3.05, 3.63) is 23.8 Å². The zero-order valence-electron chi connectivity index (χ0n) is 6.49. The second-order valence-electron chi connectivity index (χ2n) is 2.22. The first-order chi connectivity index (χ1) is 5.81. The molecule has 1 aromatic carbocycles. The Balaban J connectivity index is 3.02. The number of nitrogens with two attached hydrogens (primary N) is 3. The van der Waals surface area contributed by atoms with E-state index in [1.54, 1.807) is 18.2 Å². The van der Waals surface area contributed by atoms with E-state index in [2.05, 4.69) is 9.68 Å². The van der Waals surface area contributed by atoms with Gasteiger partial charge in [0.2, 0.25) is 0 Å². The Labute approximate surface area is 70.0 Å². The summed E-state index contributed by atoms with van der Waals surface area (Å²) in [5.74, 6) is 10.7. The van der Waals surface area contributed by atoms with Crippen LogP contribution in [0.2, 0.25) is 0 Å². The first-order valence-electron chi connectivity index (χ1n) is 3.38. The summed E-state index contributed by atoms with van der Waals surface area (Å²) in [5, 5.41) is 0. The molecule has 0 bridgehead atoms. The van der Waals surface area contributed by atoms with E-state index in [1.807, 2.05) is 0 Å². The van der Waals surface area contributed by atoms with Crippen LogP contribution in [0, 0.1) is 0 Å². The second kappa shape index (κ2) is 3.91. The van der Waals surface area contributed by atoms with Crippen LogP contribution in [0.1, 0.15) is 5.56 Å². The Morgan fingerprint density at radius 2 is 1.75 bits per heavy atom. The molecular formula is C7H11N3O2. The van der Waals surface area contributed by atoms with Crippen LogP contribution in [0.5, 0.6) is 11.5 Å². The molecule has 0 saturated heterocycles. The van der Waals surface area contributed by atoms with Gasteiger partial charge in [-0.2, -0.15) is 11.8 Å². The molecule has 0 aliphatic carbocycles. The zero-order chi connectivity index (χ0) is 8.97. The molecular weight excluding hydrogens is 158 g/mol. The summed E-state index contributed by atoms with van der Waals surface area (Å²) in [6.07, 6.45) is 0. The van der Waals surface area contributed by atoms with Gasteiger partial charge in [-0.05, 0) is 17.7 Å². The summed E-state index contributed by atoms with van der Waals surface area (Å²) < 4.78 is 0. The minimum atomic E-state index is 0.375. The van der Waals surface area contributed by atoms with E-state index >= 15 is 0 Å². The van der Waals surface area contributed by atoms with Crippen molar-refractivity contribution in [2.75, 3.05) is 0 Å². The van der Waals surface area contributed by atoms with Crippen molar-refractivity contribution in [1.82, 2.24) is 0 Å². The summed E-state index contributed by atoms with van der Waals surface area (Å²) in [6, 6.07) is 5.09. The molecule has 0 fully saturated rings. The van der Waals surface area contributed by atoms with Crippen molar-refractivity contribution < 1.29 is 9.68 Å². The van der Waals surface area contributed by atoms with Crippen LogP contribution < -0.4 is 27.2 Å². The van der Waals surface area contributed by atoms with Gasteiger partial charge >= 0.3 is 0 Å². The molecule has 5 nitrogen and oxygen atoms in total. The number of rotatable bonds is 3. The minimum absolute atomic E-state index is 0.375. The van der Waals surface area contributed by atoms with Gasteiger partial charge in [0.05, 0.1) is 0 Å². The molecule has 0 amide bonds. The summed E-state index contributed by atoms with van der Waals surface area (Å²) >= 11 is 0. The zero-order valence-corrected chi connectivity index (χ0v) is 6.49. The van der Waals surface area contributed by atoms with Gasteiger partial charge in [-0.1, -0.05) is 6.07 Å². The first-order valence-corrected chi connectivity index (χ1v) is 3.38. The predicted octanol–water partition coefficient (Wildman–Crippen LogP) is -0.350. The van der Waals surface area contributed by atoms with Gasteiger partial charge in [-0.3, -0.25) is 0 Å². The molecule has 0 heterocycles.